The maximum atomic E-state index is 13.2. The number of ether oxygens (including phenoxy) is 2. The number of carbonyl (C=O) groups excluding carboxylic acids is 2. The summed E-state index contributed by atoms with van der Waals surface area (Å²) >= 11 is 0. The predicted octanol–water partition coefficient (Wildman–Crippen LogP) is 4.75. The molecule has 2 unspecified atom stereocenters. The van der Waals surface area contributed by atoms with E-state index in [-0.39, 0.29) is 26.0 Å². The molecule has 0 radical (unpaired) electrons. The topological polar surface area (TPSA) is 105 Å². The van der Waals surface area contributed by atoms with E-state index in [9.17, 15) is 9.59 Å². The molecule has 8 heteroatoms. The molecule has 29 heavy (non-hydrogen) atoms. The summed E-state index contributed by atoms with van der Waals surface area (Å²) < 4.78 is 11.1. The van der Waals surface area contributed by atoms with Crippen molar-refractivity contribution in [1.82, 2.24) is 4.90 Å². The second-order valence-electron chi connectivity index (χ2n) is 8.02. The highest BCUT2D eigenvalue weighted by Gasteiger charge is 2.54. The van der Waals surface area contributed by atoms with E-state index < -0.39 is 29.2 Å². The molecule has 0 bridgehead atoms. The van der Waals surface area contributed by atoms with Crippen LogP contribution in [0.15, 0.2) is 47.6 Å². The zero-order chi connectivity index (χ0) is 21.5. The maximum absolute atomic E-state index is 13.2. The number of carbonyl (C=O) groups is 2. The summed E-state index contributed by atoms with van der Waals surface area (Å²) in [4.78, 5) is 30.4. The number of rotatable bonds is 6. The monoisotopic (exact) mass is 400 g/mol. The third-order valence-corrected chi connectivity index (χ3v) is 4.60. The van der Waals surface area contributed by atoms with Crippen molar-refractivity contribution in [2.24, 2.45) is 5.11 Å². The van der Waals surface area contributed by atoms with Crippen molar-refractivity contribution < 1.29 is 19.1 Å². The molecule has 0 N–H and O–H groups in total. The molecule has 1 heterocycles. The highest BCUT2D eigenvalue weighted by Crippen LogP contribution is 2.37. The number of esters is 1. The van der Waals surface area contributed by atoms with Crippen LogP contribution in [0.4, 0.5) is 4.79 Å². The van der Waals surface area contributed by atoms with Gasteiger partial charge in [-0.25, -0.2) is 9.59 Å². The van der Waals surface area contributed by atoms with Gasteiger partial charge in [0.2, 0.25) is 0 Å². The number of hydrogen-bond donors (Lipinski definition) is 0. The minimum atomic E-state index is -1.29. The molecule has 1 aromatic rings. The molecule has 0 spiro atoms. The van der Waals surface area contributed by atoms with Crippen LogP contribution < -0.4 is 0 Å². The fraction of sp³-hybridized carbons (Fsp3) is 0.524. The van der Waals surface area contributed by atoms with Crippen LogP contribution in [-0.2, 0) is 20.9 Å². The molecule has 8 nitrogen and oxygen atoms in total. The quantitative estimate of drug-likeness (QED) is 0.226. The molecular formula is C21H28N4O4. The molecule has 1 fully saturated rings. The number of hydrogen-bond acceptors (Lipinski definition) is 5. The van der Waals surface area contributed by atoms with Crippen LogP contribution in [0.25, 0.3) is 10.4 Å². The lowest BCUT2D eigenvalue weighted by Gasteiger charge is -2.36. The number of benzene rings is 1. The van der Waals surface area contributed by atoms with Crippen molar-refractivity contribution in [3.05, 3.63) is 58.5 Å². The van der Waals surface area contributed by atoms with Crippen molar-refractivity contribution in [2.75, 3.05) is 6.54 Å². The Balaban J connectivity index is 2.34. The van der Waals surface area contributed by atoms with Gasteiger partial charge in [0.1, 0.15) is 17.7 Å². The van der Waals surface area contributed by atoms with Gasteiger partial charge in [0, 0.05) is 11.5 Å². The molecular weight excluding hydrogens is 372 g/mol. The van der Waals surface area contributed by atoms with E-state index in [1.165, 1.54) is 4.90 Å². The summed E-state index contributed by atoms with van der Waals surface area (Å²) in [6, 6.07) is 8.77. The normalized spacial score (nSPS) is 21.7. The highest BCUT2D eigenvalue weighted by molar-refractivity contribution is 5.87. The minimum absolute atomic E-state index is 0.0889. The third-order valence-electron chi connectivity index (χ3n) is 4.60. The SMILES string of the molecule is CC=CCC1(C(=O)OCc2ccccc2)CC(N=[N+]=[N-])CN1C(=O)OC(C)(C)C. The maximum Gasteiger partial charge on any atom is 0.411 e. The first-order valence-corrected chi connectivity index (χ1v) is 9.59. The number of likely N-dealkylation sites (tertiary alicyclic amines) is 1. The van der Waals surface area contributed by atoms with Crippen molar-refractivity contribution in [1.29, 1.82) is 0 Å². The Labute approximate surface area is 171 Å². The van der Waals surface area contributed by atoms with Gasteiger partial charge in [0.25, 0.3) is 0 Å². The first kappa shape index (κ1) is 22.3. The Kier molecular flexibility index (Phi) is 7.29. The van der Waals surface area contributed by atoms with Crippen LogP contribution in [0.3, 0.4) is 0 Å². The summed E-state index contributed by atoms with van der Waals surface area (Å²) in [7, 11) is 0. The van der Waals surface area contributed by atoms with Gasteiger partial charge < -0.3 is 9.47 Å². The molecule has 1 saturated heterocycles. The molecule has 0 aromatic heterocycles. The Bertz CT molecular complexity index is 797. The summed E-state index contributed by atoms with van der Waals surface area (Å²) in [6.45, 7) is 7.29. The van der Waals surface area contributed by atoms with Crippen LogP contribution in [0.2, 0.25) is 0 Å². The third kappa shape index (κ3) is 5.74. The van der Waals surface area contributed by atoms with Gasteiger partial charge in [0.15, 0.2) is 0 Å². The Morgan fingerprint density at radius 2 is 2.03 bits per heavy atom. The van der Waals surface area contributed by atoms with Crippen LogP contribution in [0.5, 0.6) is 0 Å². The Morgan fingerprint density at radius 1 is 1.34 bits per heavy atom. The van der Waals surface area contributed by atoms with E-state index in [4.69, 9.17) is 15.0 Å². The Hall–Kier alpha value is -2.99. The van der Waals surface area contributed by atoms with Crippen LogP contribution >= 0.6 is 0 Å². The van der Waals surface area contributed by atoms with E-state index in [0.29, 0.717) is 0 Å². The molecule has 0 aliphatic carbocycles. The second-order valence-corrected chi connectivity index (χ2v) is 8.02. The zero-order valence-corrected chi connectivity index (χ0v) is 17.4. The number of allylic oxidation sites excluding steroid dienone is 1. The van der Waals surface area contributed by atoms with E-state index in [2.05, 4.69) is 10.0 Å². The van der Waals surface area contributed by atoms with Gasteiger partial charge >= 0.3 is 12.1 Å². The number of amides is 1. The fourth-order valence-corrected chi connectivity index (χ4v) is 3.31. The standard InChI is InChI=1S/C21H28N4O4/c1-5-6-12-21(18(26)28-15-16-10-8-7-9-11-16)13-17(23-24-22)14-25(21)19(27)29-20(2,3)4/h5-11,17H,12-15H2,1-4H3. The molecule has 0 saturated carbocycles. The average Bonchev–Trinajstić information content (AvgIpc) is 3.04. The predicted molar refractivity (Wildman–Crippen MR) is 109 cm³/mol. The lowest BCUT2D eigenvalue weighted by Crippen LogP contribution is -2.54. The smallest absolute Gasteiger partial charge is 0.411 e. The van der Waals surface area contributed by atoms with Gasteiger partial charge in [-0.2, -0.15) is 0 Å². The van der Waals surface area contributed by atoms with Crippen LogP contribution in [0.1, 0.15) is 46.1 Å². The number of nitrogens with zero attached hydrogens (tertiary/aromatic N) is 4. The van der Waals surface area contributed by atoms with Crippen molar-refractivity contribution in [3.63, 3.8) is 0 Å². The summed E-state index contributed by atoms with van der Waals surface area (Å²) in [5.74, 6) is -0.541. The molecule has 156 valence electrons. The molecule has 1 aliphatic rings. The minimum Gasteiger partial charge on any atom is -0.459 e. The first-order valence-electron chi connectivity index (χ1n) is 9.59. The lowest BCUT2D eigenvalue weighted by atomic mass is 9.90. The van der Waals surface area contributed by atoms with Crippen molar-refractivity contribution in [3.8, 4) is 0 Å². The van der Waals surface area contributed by atoms with Crippen LogP contribution in [-0.4, -0.2) is 40.7 Å². The Morgan fingerprint density at radius 3 is 2.62 bits per heavy atom. The van der Waals surface area contributed by atoms with Crippen molar-refractivity contribution >= 4 is 12.1 Å². The molecule has 1 amide bonds. The van der Waals surface area contributed by atoms with Gasteiger partial charge in [-0.05, 0) is 51.6 Å². The number of azide groups is 1. The fourth-order valence-electron chi connectivity index (χ4n) is 3.31. The molecule has 1 aromatic carbocycles. The largest absolute Gasteiger partial charge is 0.459 e. The van der Waals surface area contributed by atoms with E-state index in [1.807, 2.05) is 37.3 Å². The first-order chi connectivity index (χ1) is 13.7. The lowest BCUT2D eigenvalue weighted by molar-refractivity contribution is -0.157. The van der Waals surface area contributed by atoms with E-state index in [0.717, 1.165) is 5.56 Å². The van der Waals surface area contributed by atoms with Gasteiger partial charge in [-0.15, -0.1) is 0 Å². The van der Waals surface area contributed by atoms with Gasteiger partial charge in [0.05, 0.1) is 6.04 Å². The summed E-state index contributed by atoms with van der Waals surface area (Å²) in [5, 5.41) is 3.76. The van der Waals surface area contributed by atoms with Crippen molar-refractivity contribution in [2.45, 2.75) is 64.3 Å². The zero-order valence-electron chi connectivity index (χ0n) is 17.4. The summed E-state index contributed by atoms with van der Waals surface area (Å²) in [6.07, 6.45) is 3.40. The molecule has 1 aliphatic heterocycles. The highest BCUT2D eigenvalue weighted by atomic mass is 16.6. The van der Waals surface area contributed by atoms with Gasteiger partial charge in [-0.1, -0.05) is 47.6 Å². The molecule has 2 atom stereocenters. The van der Waals surface area contributed by atoms with E-state index in [1.54, 1.807) is 32.9 Å². The average molecular weight is 400 g/mol. The van der Waals surface area contributed by atoms with E-state index >= 15 is 0 Å². The molecule has 2 rings (SSSR count). The second kappa shape index (κ2) is 9.47. The summed E-state index contributed by atoms with van der Waals surface area (Å²) in [5.41, 5.74) is 7.69. The van der Waals surface area contributed by atoms with Gasteiger partial charge in [-0.3, -0.25) is 4.90 Å². The van der Waals surface area contributed by atoms with Crippen LogP contribution in [0, 0.1) is 0 Å².